The van der Waals surface area contributed by atoms with Crippen molar-refractivity contribution in [3.05, 3.63) is 65.5 Å². The number of rotatable bonds is 4. The van der Waals surface area contributed by atoms with Gasteiger partial charge in [-0.15, -0.1) is 0 Å². The number of nitrogens with zero attached hydrogens (tertiary/aromatic N) is 1. The van der Waals surface area contributed by atoms with E-state index in [9.17, 15) is 4.79 Å². The lowest BCUT2D eigenvalue weighted by Gasteiger charge is -2.03. The third kappa shape index (κ3) is 3.00. The highest BCUT2D eigenvalue weighted by atomic mass is 16.1. The summed E-state index contributed by atoms with van der Waals surface area (Å²) < 4.78 is 0. The van der Waals surface area contributed by atoms with Crippen molar-refractivity contribution in [2.24, 2.45) is 0 Å². The number of Topliss-reactive ketones (excluding diaryl/α,β-unsaturated/α-hetero) is 1. The Balaban J connectivity index is 2.01. The molecule has 17 heavy (non-hydrogen) atoms. The molecule has 0 N–H and O–H groups in total. The summed E-state index contributed by atoms with van der Waals surface area (Å²) in [4.78, 5) is 16.1. The average Bonchev–Trinajstić information content (AvgIpc) is 2.38. The maximum absolute atomic E-state index is 12.0. The molecule has 0 saturated carbocycles. The molecule has 86 valence electrons. The monoisotopic (exact) mass is 225 g/mol. The molecule has 0 spiro atoms. The summed E-state index contributed by atoms with van der Waals surface area (Å²) in [6.07, 6.45) is 3.04. The second kappa shape index (κ2) is 5.39. The lowest BCUT2D eigenvalue weighted by Crippen LogP contribution is -2.04. The molecular weight excluding hydrogens is 210 g/mol. The first-order chi connectivity index (χ1) is 8.27. The molecule has 0 fully saturated rings. The van der Waals surface area contributed by atoms with Gasteiger partial charge in [-0.25, -0.2) is 0 Å². The first kappa shape index (κ1) is 11.5. The second-order valence-electron chi connectivity index (χ2n) is 4.05. The SMILES string of the molecule is Cc1ncccc1C(=O)CCc1ccccc1. The molecule has 2 rings (SSSR count). The fourth-order valence-electron chi connectivity index (χ4n) is 1.82. The number of pyridine rings is 1. The van der Waals surface area contributed by atoms with Crippen LogP contribution >= 0.6 is 0 Å². The van der Waals surface area contributed by atoms with Gasteiger partial charge in [-0.3, -0.25) is 9.78 Å². The standard InChI is InChI=1S/C15H15NO/c1-12-14(8-5-11-16-12)15(17)10-9-13-6-3-2-4-7-13/h2-8,11H,9-10H2,1H3. The highest BCUT2D eigenvalue weighted by Gasteiger charge is 2.08. The number of hydrogen-bond acceptors (Lipinski definition) is 2. The van der Waals surface area contributed by atoms with Crippen molar-refractivity contribution in [2.45, 2.75) is 19.8 Å². The fraction of sp³-hybridized carbons (Fsp3) is 0.200. The molecule has 0 aliphatic carbocycles. The Kier molecular flexibility index (Phi) is 3.66. The van der Waals surface area contributed by atoms with Crippen molar-refractivity contribution in [3.63, 3.8) is 0 Å². The van der Waals surface area contributed by atoms with E-state index in [1.807, 2.05) is 49.4 Å². The van der Waals surface area contributed by atoms with Crippen LogP contribution in [0.5, 0.6) is 0 Å². The van der Waals surface area contributed by atoms with Crippen molar-refractivity contribution in [1.82, 2.24) is 4.98 Å². The largest absolute Gasteiger partial charge is 0.294 e. The van der Waals surface area contributed by atoms with E-state index in [4.69, 9.17) is 0 Å². The molecule has 2 nitrogen and oxygen atoms in total. The highest BCUT2D eigenvalue weighted by Crippen LogP contribution is 2.10. The zero-order valence-corrected chi connectivity index (χ0v) is 9.89. The summed E-state index contributed by atoms with van der Waals surface area (Å²) in [6.45, 7) is 1.87. The van der Waals surface area contributed by atoms with Crippen LogP contribution in [0.15, 0.2) is 48.7 Å². The lowest BCUT2D eigenvalue weighted by molar-refractivity contribution is 0.0982. The van der Waals surface area contributed by atoms with Gasteiger partial charge in [0.15, 0.2) is 5.78 Å². The minimum atomic E-state index is 0.166. The number of carbonyl (C=O) groups excluding carboxylic acids is 1. The normalized spacial score (nSPS) is 10.2. The van der Waals surface area contributed by atoms with E-state index in [0.29, 0.717) is 6.42 Å². The van der Waals surface area contributed by atoms with Crippen LogP contribution in [0.3, 0.4) is 0 Å². The topological polar surface area (TPSA) is 30.0 Å². The summed E-state index contributed by atoms with van der Waals surface area (Å²) in [6, 6.07) is 13.7. The van der Waals surface area contributed by atoms with Gasteiger partial charge in [0, 0.05) is 23.9 Å². The minimum Gasteiger partial charge on any atom is -0.294 e. The molecule has 0 atom stereocenters. The van der Waals surface area contributed by atoms with Gasteiger partial charge in [0.2, 0.25) is 0 Å². The van der Waals surface area contributed by atoms with Gasteiger partial charge in [0.05, 0.1) is 0 Å². The van der Waals surface area contributed by atoms with Gasteiger partial charge in [-0.2, -0.15) is 0 Å². The molecule has 1 aromatic carbocycles. The van der Waals surface area contributed by atoms with Crippen LogP contribution < -0.4 is 0 Å². The van der Waals surface area contributed by atoms with Crippen LogP contribution in [0.1, 0.15) is 28.0 Å². The van der Waals surface area contributed by atoms with Gasteiger partial charge in [0.25, 0.3) is 0 Å². The molecule has 0 aliphatic rings. The van der Waals surface area contributed by atoms with Crippen LogP contribution in [0.4, 0.5) is 0 Å². The maximum Gasteiger partial charge on any atom is 0.165 e. The van der Waals surface area contributed by atoms with E-state index in [0.717, 1.165) is 17.7 Å². The van der Waals surface area contributed by atoms with Crippen LogP contribution in [-0.2, 0) is 6.42 Å². The molecule has 0 saturated heterocycles. The lowest BCUT2D eigenvalue weighted by atomic mass is 10.0. The Morgan fingerprint density at radius 1 is 1.12 bits per heavy atom. The minimum absolute atomic E-state index is 0.166. The molecule has 0 bridgehead atoms. The van der Waals surface area contributed by atoms with Crippen LogP contribution in [0.25, 0.3) is 0 Å². The van der Waals surface area contributed by atoms with E-state index in [1.54, 1.807) is 6.20 Å². The number of benzene rings is 1. The predicted molar refractivity (Wildman–Crippen MR) is 68.1 cm³/mol. The van der Waals surface area contributed by atoms with Crippen molar-refractivity contribution >= 4 is 5.78 Å². The van der Waals surface area contributed by atoms with Crippen molar-refractivity contribution in [3.8, 4) is 0 Å². The number of aryl methyl sites for hydroxylation is 2. The molecule has 0 radical (unpaired) electrons. The quantitative estimate of drug-likeness (QED) is 0.748. The number of aromatic nitrogens is 1. The summed E-state index contributed by atoms with van der Waals surface area (Å²) in [5.41, 5.74) is 2.75. The van der Waals surface area contributed by atoms with Gasteiger partial charge < -0.3 is 0 Å². The van der Waals surface area contributed by atoms with E-state index in [1.165, 1.54) is 5.56 Å². The summed E-state index contributed by atoms with van der Waals surface area (Å²) in [5, 5.41) is 0. The van der Waals surface area contributed by atoms with Gasteiger partial charge in [-0.1, -0.05) is 30.3 Å². The zero-order valence-electron chi connectivity index (χ0n) is 9.89. The number of ketones is 1. The Morgan fingerprint density at radius 2 is 1.88 bits per heavy atom. The Bertz CT molecular complexity index is 505. The smallest absolute Gasteiger partial charge is 0.165 e. The van der Waals surface area contributed by atoms with E-state index < -0.39 is 0 Å². The van der Waals surface area contributed by atoms with E-state index in [-0.39, 0.29) is 5.78 Å². The zero-order chi connectivity index (χ0) is 12.1. The van der Waals surface area contributed by atoms with Crippen LogP contribution in [0.2, 0.25) is 0 Å². The van der Waals surface area contributed by atoms with Crippen LogP contribution in [-0.4, -0.2) is 10.8 Å². The first-order valence-corrected chi connectivity index (χ1v) is 5.76. The molecule has 1 aromatic heterocycles. The second-order valence-corrected chi connectivity index (χ2v) is 4.05. The first-order valence-electron chi connectivity index (χ1n) is 5.76. The summed E-state index contributed by atoms with van der Waals surface area (Å²) >= 11 is 0. The predicted octanol–water partition coefficient (Wildman–Crippen LogP) is 3.21. The van der Waals surface area contributed by atoms with Gasteiger partial charge >= 0.3 is 0 Å². The van der Waals surface area contributed by atoms with Gasteiger partial charge in [-0.05, 0) is 31.0 Å². The number of hydrogen-bond donors (Lipinski definition) is 0. The molecule has 0 aliphatic heterocycles. The van der Waals surface area contributed by atoms with E-state index >= 15 is 0 Å². The molecule has 0 unspecified atom stereocenters. The molecular formula is C15H15NO. The van der Waals surface area contributed by atoms with Gasteiger partial charge in [0.1, 0.15) is 0 Å². The third-order valence-electron chi connectivity index (χ3n) is 2.79. The Morgan fingerprint density at radius 3 is 2.59 bits per heavy atom. The van der Waals surface area contributed by atoms with Crippen molar-refractivity contribution in [2.75, 3.05) is 0 Å². The fourth-order valence-corrected chi connectivity index (χ4v) is 1.82. The van der Waals surface area contributed by atoms with Crippen molar-refractivity contribution in [1.29, 1.82) is 0 Å². The van der Waals surface area contributed by atoms with Crippen molar-refractivity contribution < 1.29 is 4.79 Å². The average molecular weight is 225 g/mol. The Hall–Kier alpha value is -1.96. The maximum atomic E-state index is 12.0. The Labute approximate surface area is 101 Å². The molecule has 1 heterocycles. The summed E-state index contributed by atoms with van der Waals surface area (Å²) in [7, 11) is 0. The van der Waals surface area contributed by atoms with Crippen LogP contribution in [0, 0.1) is 6.92 Å². The molecule has 0 amide bonds. The van der Waals surface area contributed by atoms with E-state index in [2.05, 4.69) is 4.98 Å². The highest BCUT2D eigenvalue weighted by molar-refractivity contribution is 5.97. The molecule has 2 heteroatoms. The molecule has 2 aromatic rings. The summed E-state index contributed by atoms with van der Waals surface area (Å²) in [5.74, 6) is 0.166. The third-order valence-corrected chi connectivity index (χ3v) is 2.79. The number of carbonyl (C=O) groups is 1.